The molecule has 1 heterocycles. The van der Waals surface area contributed by atoms with Crippen LogP contribution in [0.3, 0.4) is 0 Å². The number of esters is 1. The number of unbranched alkanes of at least 4 members (excludes halogenated alkanes) is 1. The highest BCUT2D eigenvalue weighted by atomic mass is 35.5. The molecule has 0 amide bonds. The summed E-state index contributed by atoms with van der Waals surface area (Å²) in [6, 6.07) is 21.1. The summed E-state index contributed by atoms with van der Waals surface area (Å²) in [5, 5.41) is 11.8. The zero-order valence-electron chi connectivity index (χ0n) is 19.9. The third kappa shape index (κ3) is 5.50. The number of imidazole rings is 1. The molecule has 0 spiro atoms. The first-order chi connectivity index (χ1) is 17.0. The normalized spacial score (nSPS) is 12.0. The minimum atomic E-state index is -0.897. The number of aliphatic hydroxyl groups excluding tert-OH is 1. The smallest absolute Gasteiger partial charge is 0.351 e. The van der Waals surface area contributed by atoms with Gasteiger partial charge in [0, 0.05) is 30.2 Å². The Balaban J connectivity index is 1.56. The molecule has 4 aromatic rings. The zero-order chi connectivity index (χ0) is 24.8. The summed E-state index contributed by atoms with van der Waals surface area (Å²) in [6.45, 7) is 1.94. The van der Waals surface area contributed by atoms with Gasteiger partial charge >= 0.3 is 5.97 Å². The number of carbonyl (C=O) groups is 1. The maximum absolute atomic E-state index is 12.7. The van der Waals surface area contributed by atoms with Gasteiger partial charge in [-0.15, -0.1) is 0 Å². The molecule has 6 nitrogen and oxygen atoms in total. The van der Waals surface area contributed by atoms with Gasteiger partial charge in [-0.1, -0.05) is 67.9 Å². The van der Waals surface area contributed by atoms with Gasteiger partial charge in [0.05, 0.1) is 25.1 Å². The fourth-order valence-electron chi connectivity index (χ4n) is 4.16. The molecule has 0 saturated heterocycles. The van der Waals surface area contributed by atoms with E-state index in [1.807, 2.05) is 66.7 Å². The predicted octanol–water partition coefficient (Wildman–Crippen LogP) is 5.76. The van der Waals surface area contributed by atoms with Crippen LogP contribution in [0, 0.1) is 0 Å². The molecule has 0 fully saturated rings. The summed E-state index contributed by atoms with van der Waals surface area (Å²) in [6.07, 6.45) is 2.42. The Kier molecular flexibility index (Phi) is 8.06. The van der Waals surface area contributed by atoms with Crippen LogP contribution in [0.1, 0.15) is 54.2 Å². The lowest BCUT2D eigenvalue weighted by molar-refractivity contribution is -0.149. The topological polar surface area (TPSA) is 73.6 Å². The van der Waals surface area contributed by atoms with Crippen molar-refractivity contribution in [3.8, 4) is 5.75 Å². The molecule has 0 aliphatic carbocycles. The Bertz CT molecular complexity index is 1300. The molecule has 7 heteroatoms. The summed E-state index contributed by atoms with van der Waals surface area (Å²) in [4.78, 5) is 17.3. The average Bonchev–Trinajstić information content (AvgIpc) is 3.19. The number of nitrogens with zero attached hydrogens (tertiary/aromatic N) is 2. The van der Waals surface area contributed by atoms with E-state index in [0.717, 1.165) is 52.7 Å². The fourth-order valence-corrected chi connectivity index (χ4v) is 4.43. The second kappa shape index (κ2) is 11.4. The number of aryl methyl sites for hydroxylation is 1. The van der Waals surface area contributed by atoms with Crippen molar-refractivity contribution in [2.45, 2.75) is 45.3 Å². The van der Waals surface area contributed by atoms with E-state index < -0.39 is 12.1 Å². The van der Waals surface area contributed by atoms with E-state index in [9.17, 15) is 9.90 Å². The third-order valence-electron chi connectivity index (χ3n) is 6.03. The quantitative estimate of drug-likeness (QED) is 0.285. The van der Waals surface area contributed by atoms with E-state index in [1.54, 1.807) is 0 Å². The van der Waals surface area contributed by atoms with Crippen molar-refractivity contribution in [1.82, 2.24) is 9.07 Å². The third-order valence-corrected chi connectivity index (χ3v) is 6.43. The molecular formula is C28H29ClN2O4. The van der Waals surface area contributed by atoms with Crippen LogP contribution in [0.4, 0.5) is 0 Å². The summed E-state index contributed by atoms with van der Waals surface area (Å²) >= 11 is 6.39. The summed E-state index contributed by atoms with van der Waals surface area (Å²) in [7, 11) is 1.36. The van der Waals surface area contributed by atoms with E-state index in [4.69, 9.17) is 21.3 Å². The lowest BCUT2D eigenvalue weighted by Gasteiger charge is -2.19. The molecule has 3 aromatic carbocycles. The number of rotatable bonds is 10. The molecule has 1 atom stereocenters. The number of aliphatic hydroxyl groups is 1. The van der Waals surface area contributed by atoms with Crippen molar-refractivity contribution in [1.29, 1.82) is 0 Å². The summed E-state index contributed by atoms with van der Waals surface area (Å²) < 4.78 is 12.7. The number of hydrogen-bond donors (Lipinski definition) is 1. The molecule has 0 saturated carbocycles. The Hall–Kier alpha value is -3.35. The molecule has 4 rings (SSSR count). The SMILES string of the molecule is CCCCc1nc(Cc2ccc(OC(C(=O)OC)c3cccc4ccccc34)cc2)c(CO)n1Cl. The van der Waals surface area contributed by atoms with Crippen LogP contribution in [-0.2, 0) is 29.0 Å². The molecule has 1 aromatic heterocycles. The van der Waals surface area contributed by atoms with Gasteiger partial charge in [-0.05, 0) is 34.9 Å². The van der Waals surface area contributed by atoms with Crippen molar-refractivity contribution < 1.29 is 19.4 Å². The molecule has 0 aliphatic heterocycles. The summed E-state index contributed by atoms with van der Waals surface area (Å²) in [5.74, 6) is 0.847. The first-order valence-corrected chi connectivity index (χ1v) is 12.1. The van der Waals surface area contributed by atoms with E-state index in [0.29, 0.717) is 17.9 Å². The zero-order valence-corrected chi connectivity index (χ0v) is 20.7. The van der Waals surface area contributed by atoms with Gasteiger partial charge in [-0.2, -0.15) is 0 Å². The van der Waals surface area contributed by atoms with Gasteiger partial charge in [0.25, 0.3) is 0 Å². The molecule has 1 unspecified atom stereocenters. The van der Waals surface area contributed by atoms with Gasteiger partial charge in [0.1, 0.15) is 11.6 Å². The number of benzene rings is 3. The maximum atomic E-state index is 12.7. The van der Waals surface area contributed by atoms with Crippen LogP contribution in [0.5, 0.6) is 5.75 Å². The molecule has 0 radical (unpaired) electrons. The molecule has 1 N–H and O–H groups in total. The number of aromatic nitrogens is 2. The standard InChI is InChI=1S/C28H29ClN2O4/c1-3-4-12-26-30-24(25(18-32)31(26)29)17-19-13-15-21(16-14-19)35-27(28(33)34-2)23-11-7-9-20-8-5-6-10-22(20)23/h5-11,13-16,27,32H,3-4,12,17-18H2,1-2H3. The highest BCUT2D eigenvalue weighted by molar-refractivity contribution is 6.16. The van der Waals surface area contributed by atoms with Gasteiger partial charge in [-0.25, -0.2) is 13.9 Å². The number of fused-ring (bicyclic) bond motifs is 1. The summed E-state index contributed by atoms with van der Waals surface area (Å²) in [5.41, 5.74) is 3.10. The van der Waals surface area contributed by atoms with E-state index >= 15 is 0 Å². The molecule has 0 bridgehead atoms. The molecule has 35 heavy (non-hydrogen) atoms. The van der Waals surface area contributed by atoms with Crippen LogP contribution in [-0.4, -0.2) is 27.3 Å². The van der Waals surface area contributed by atoms with Crippen molar-refractivity contribution in [3.63, 3.8) is 0 Å². The fraction of sp³-hybridized carbons (Fsp3) is 0.286. The minimum Gasteiger partial charge on any atom is -0.474 e. The maximum Gasteiger partial charge on any atom is 0.351 e. The van der Waals surface area contributed by atoms with E-state index in [2.05, 4.69) is 11.9 Å². The Morgan fingerprint density at radius 3 is 2.54 bits per heavy atom. The van der Waals surface area contributed by atoms with E-state index in [-0.39, 0.29) is 6.61 Å². The van der Waals surface area contributed by atoms with E-state index in [1.165, 1.54) is 11.2 Å². The van der Waals surface area contributed by atoms with Crippen LogP contribution in [0.15, 0.2) is 66.7 Å². The van der Waals surface area contributed by atoms with Crippen molar-refractivity contribution in [3.05, 3.63) is 95.1 Å². The Morgan fingerprint density at radius 1 is 1.09 bits per heavy atom. The van der Waals surface area contributed by atoms with Crippen LogP contribution < -0.4 is 4.74 Å². The molecule has 0 aliphatic rings. The largest absolute Gasteiger partial charge is 0.474 e. The lowest BCUT2D eigenvalue weighted by Crippen LogP contribution is -2.20. The average molecular weight is 493 g/mol. The van der Waals surface area contributed by atoms with Gasteiger partial charge in [0.15, 0.2) is 0 Å². The molecule has 182 valence electrons. The first kappa shape index (κ1) is 24.8. The van der Waals surface area contributed by atoms with Crippen LogP contribution >= 0.6 is 11.8 Å². The number of ether oxygens (including phenoxy) is 2. The second-order valence-corrected chi connectivity index (χ2v) is 8.71. The number of methoxy groups -OCH3 is 1. The number of hydrogen-bond acceptors (Lipinski definition) is 5. The second-order valence-electron chi connectivity index (χ2n) is 8.37. The lowest BCUT2D eigenvalue weighted by atomic mass is 10.00. The number of halogens is 1. The minimum absolute atomic E-state index is 0.176. The van der Waals surface area contributed by atoms with Gasteiger partial charge < -0.3 is 14.6 Å². The van der Waals surface area contributed by atoms with Crippen LogP contribution in [0.2, 0.25) is 0 Å². The molecular weight excluding hydrogens is 464 g/mol. The van der Waals surface area contributed by atoms with Gasteiger partial charge in [-0.3, -0.25) is 0 Å². The van der Waals surface area contributed by atoms with Crippen LogP contribution in [0.25, 0.3) is 10.8 Å². The van der Waals surface area contributed by atoms with Crippen molar-refractivity contribution in [2.75, 3.05) is 7.11 Å². The van der Waals surface area contributed by atoms with Crippen molar-refractivity contribution >= 4 is 28.5 Å². The predicted molar refractivity (Wildman–Crippen MR) is 137 cm³/mol. The Morgan fingerprint density at radius 2 is 1.83 bits per heavy atom. The monoisotopic (exact) mass is 492 g/mol. The Labute approximate surface area is 210 Å². The number of carbonyl (C=O) groups excluding carboxylic acids is 1. The highest BCUT2D eigenvalue weighted by Crippen LogP contribution is 2.30. The highest BCUT2D eigenvalue weighted by Gasteiger charge is 2.25. The van der Waals surface area contributed by atoms with Gasteiger partial charge in [0.2, 0.25) is 6.10 Å². The van der Waals surface area contributed by atoms with Crippen molar-refractivity contribution in [2.24, 2.45) is 0 Å². The first-order valence-electron chi connectivity index (χ1n) is 11.7.